The van der Waals surface area contributed by atoms with Crippen molar-refractivity contribution in [2.75, 3.05) is 6.61 Å². The maximum absolute atomic E-state index is 6.00. The van der Waals surface area contributed by atoms with E-state index in [1.807, 2.05) is 12.1 Å². The van der Waals surface area contributed by atoms with Crippen molar-refractivity contribution >= 4 is 0 Å². The molecule has 0 heterocycles. The third kappa shape index (κ3) is 1.59. The van der Waals surface area contributed by atoms with Crippen LogP contribution in [0.15, 0.2) is 36.9 Å². The Morgan fingerprint density at radius 2 is 2.14 bits per heavy atom. The Balaban J connectivity index is 2.21. The molecule has 1 aromatic carbocycles. The largest absolute Gasteiger partial charge is 0.369 e. The van der Waals surface area contributed by atoms with Crippen LogP contribution in [0.2, 0.25) is 0 Å². The summed E-state index contributed by atoms with van der Waals surface area (Å²) in [5.41, 5.74) is 8.46. The highest BCUT2D eigenvalue weighted by Gasteiger charge is 2.28. The second-order valence-electron chi connectivity index (χ2n) is 3.58. The molecule has 1 aliphatic rings. The fraction of sp³-hybridized carbons (Fsp3) is 0.333. The van der Waals surface area contributed by atoms with E-state index in [2.05, 4.69) is 18.7 Å². The molecular formula is C12H15NO. The van der Waals surface area contributed by atoms with Crippen LogP contribution in [0, 0.1) is 0 Å². The van der Waals surface area contributed by atoms with Gasteiger partial charge >= 0.3 is 0 Å². The lowest BCUT2D eigenvalue weighted by Gasteiger charge is -2.10. The van der Waals surface area contributed by atoms with Gasteiger partial charge in [0.2, 0.25) is 0 Å². The van der Waals surface area contributed by atoms with E-state index in [0.717, 1.165) is 6.42 Å². The number of ether oxygens (including phenoxy) is 1. The molecule has 74 valence electrons. The normalized spacial score (nSPS) is 24.6. The molecule has 2 rings (SSSR count). The second-order valence-corrected chi connectivity index (χ2v) is 3.58. The zero-order chi connectivity index (χ0) is 9.97. The van der Waals surface area contributed by atoms with Crippen molar-refractivity contribution < 1.29 is 4.74 Å². The molecule has 2 atom stereocenters. The first-order valence-corrected chi connectivity index (χ1v) is 4.90. The Labute approximate surface area is 84.4 Å². The minimum atomic E-state index is 0.126. The minimum Gasteiger partial charge on any atom is -0.369 e. The maximum atomic E-state index is 6.00. The Bertz CT molecular complexity index is 335. The van der Waals surface area contributed by atoms with Crippen molar-refractivity contribution in [3.8, 4) is 0 Å². The number of nitrogens with two attached hydrogens (primary N) is 1. The zero-order valence-corrected chi connectivity index (χ0v) is 8.15. The lowest BCUT2D eigenvalue weighted by atomic mass is 10.1. The summed E-state index contributed by atoms with van der Waals surface area (Å²) in [5, 5.41) is 0. The van der Waals surface area contributed by atoms with E-state index in [1.165, 1.54) is 11.1 Å². The van der Waals surface area contributed by atoms with E-state index in [0.29, 0.717) is 6.61 Å². The van der Waals surface area contributed by atoms with Crippen molar-refractivity contribution in [2.24, 2.45) is 5.73 Å². The first-order chi connectivity index (χ1) is 6.83. The Hall–Kier alpha value is -1.12. The van der Waals surface area contributed by atoms with Gasteiger partial charge in [0.05, 0.1) is 12.7 Å². The number of benzene rings is 1. The quantitative estimate of drug-likeness (QED) is 0.741. The van der Waals surface area contributed by atoms with Crippen molar-refractivity contribution in [1.82, 2.24) is 0 Å². The molecule has 1 aromatic rings. The monoisotopic (exact) mass is 189 g/mol. The summed E-state index contributed by atoms with van der Waals surface area (Å²) < 4.78 is 5.65. The average molecular weight is 189 g/mol. The summed E-state index contributed by atoms with van der Waals surface area (Å²) in [6.45, 7) is 4.23. The standard InChI is InChI=1S/C12H15NO/c1-2-7-14-12-8-11(13)9-5-3-4-6-10(9)12/h2-6,11-12H,1,7-8,13H2. The Kier molecular flexibility index (Phi) is 2.66. The van der Waals surface area contributed by atoms with Gasteiger partial charge in [-0.15, -0.1) is 6.58 Å². The smallest absolute Gasteiger partial charge is 0.0850 e. The van der Waals surface area contributed by atoms with Crippen LogP contribution >= 0.6 is 0 Å². The fourth-order valence-electron chi connectivity index (χ4n) is 1.97. The highest BCUT2D eigenvalue weighted by molar-refractivity contribution is 5.36. The molecule has 2 unspecified atom stereocenters. The van der Waals surface area contributed by atoms with E-state index in [9.17, 15) is 0 Å². The van der Waals surface area contributed by atoms with Gasteiger partial charge in [-0.3, -0.25) is 0 Å². The first-order valence-electron chi connectivity index (χ1n) is 4.90. The van der Waals surface area contributed by atoms with Gasteiger partial charge in [-0.05, 0) is 17.5 Å². The molecule has 0 aromatic heterocycles. The molecule has 2 N–H and O–H groups in total. The van der Waals surface area contributed by atoms with E-state index in [-0.39, 0.29) is 12.1 Å². The number of hydrogen-bond acceptors (Lipinski definition) is 2. The summed E-state index contributed by atoms with van der Waals surface area (Å²) in [7, 11) is 0. The molecule has 0 fully saturated rings. The van der Waals surface area contributed by atoms with Crippen LogP contribution in [-0.2, 0) is 4.74 Å². The lowest BCUT2D eigenvalue weighted by molar-refractivity contribution is 0.0722. The number of fused-ring (bicyclic) bond motifs is 1. The van der Waals surface area contributed by atoms with Crippen LogP contribution in [0.4, 0.5) is 0 Å². The highest BCUT2D eigenvalue weighted by Crippen LogP contribution is 2.39. The van der Waals surface area contributed by atoms with Crippen LogP contribution in [-0.4, -0.2) is 6.61 Å². The summed E-state index contributed by atoms with van der Waals surface area (Å²) in [6, 6.07) is 8.35. The van der Waals surface area contributed by atoms with Gasteiger partial charge in [0, 0.05) is 6.04 Å². The van der Waals surface area contributed by atoms with Crippen molar-refractivity contribution in [1.29, 1.82) is 0 Å². The van der Waals surface area contributed by atoms with Gasteiger partial charge in [-0.2, -0.15) is 0 Å². The van der Waals surface area contributed by atoms with Gasteiger partial charge in [0.1, 0.15) is 0 Å². The average Bonchev–Trinajstić information content (AvgIpc) is 2.54. The Morgan fingerprint density at radius 1 is 1.43 bits per heavy atom. The van der Waals surface area contributed by atoms with Crippen LogP contribution in [0.25, 0.3) is 0 Å². The zero-order valence-electron chi connectivity index (χ0n) is 8.15. The van der Waals surface area contributed by atoms with Crippen molar-refractivity contribution in [3.05, 3.63) is 48.0 Å². The predicted octanol–water partition coefficient (Wildman–Crippen LogP) is 2.33. The molecular weight excluding hydrogens is 174 g/mol. The third-order valence-electron chi connectivity index (χ3n) is 2.63. The van der Waals surface area contributed by atoms with Crippen molar-refractivity contribution in [3.63, 3.8) is 0 Å². The summed E-state index contributed by atoms with van der Waals surface area (Å²) in [5.74, 6) is 0. The van der Waals surface area contributed by atoms with Gasteiger partial charge in [0.15, 0.2) is 0 Å². The molecule has 0 amide bonds. The molecule has 0 saturated heterocycles. The van der Waals surface area contributed by atoms with Crippen molar-refractivity contribution in [2.45, 2.75) is 18.6 Å². The van der Waals surface area contributed by atoms with Gasteiger partial charge in [-0.1, -0.05) is 30.3 Å². The summed E-state index contributed by atoms with van der Waals surface area (Å²) in [6.07, 6.45) is 2.80. The maximum Gasteiger partial charge on any atom is 0.0850 e. The molecule has 0 aliphatic heterocycles. The van der Waals surface area contributed by atoms with Gasteiger partial charge in [-0.25, -0.2) is 0 Å². The van der Waals surface area contributed by atoms with Crippen LogP contribution in [0.3, 0.4) is 0 Å². The first kappa shape index (κ1) is 9.44. The van der Waals surface area contributed by atoms with Gasteiger partial charge < -0.3 is 10.5 Å². The molecule has 0 bridgehead atoms. The van der Waals surface area contributed by atoms with E-state index < -0.39 is 0 Å². The van der Waals surface area contributed by atoms with Crippen LogP contribution in [0.5, 0.6) is 0 Å². The highest BCUT2D eigenvalue weighted by atomic mass is 16.5. The Morgan fingerprint density at radius 3 is 2.86 bits per heavy atom. The van der Waals surface area contributed by atoms with E-state index in [4.69, 9.17) is 10.5 Å². The SMILES string of the molecule is C=CCOC1CC(N)c2ccccc21. The molecule has 0 spiro atoms. The van der Waals surface area contributed by atoms with Crippen LogP contribution in [0.1, 0.15) is 29.7 Å². The third-order valence-corrected chi connectivity index (χ3v) is 2.63. The predicted molar refractivity (Wildman–Crippen MR) is 56.9 cm³/mol. The second kappa shape index (κ2) is 3.95. The minimum absolute atomic E-state index is 0.126. The number of rotatable bonds is 3. The molecule has 0 saturated carbocycles. The molecule has 0 radical (unpaired) electrons. The van der Waals surface area contributed by atoms with Gasteiger partial charge in [0.25, 0.3) is 0 Å². The molecule has 2 nitrogen and oxygen atoms in total. The fourth-order valence-corrected chi connectivity index (χ4v) is 1.97. The van der Waals surface area contributed by atoms with Crippen LogP contribution < -0.4 is 5.73 Å². The topological polar surface area (TPSA) is 35.2 Å². The number of hydrogen-bond donors (Lipinski definition) is 1. The molecule has 2 heteroatoms. The summed E-state index contributed by atoms with van der Waals surface area (Å²) in [4.78, 5) is 0. The molecule has 1 aliphatic carbocycles. The van der Waals surface area contributed by atoms with E-state index >= 15 is 0 Å². The lowest BCUT2D eigenvalue weighted by Crippen LogP contribution is -2.06. The summed E-state index contributed by atoms with van der Waals surface area (Å²) >= 11 is 0. The van der Waals surface area contributed by atoms with E-state index in [1.54, 1.807) is 6.08 Å². The molecule has 14 heavy (non-hydrogen) atoms.